The van der Waals surface area contributed by atoms with Gasteiger partial charge in [0.2, 0.25) is 0 Å². The molecule has 0 saturated carbocycles. The molecule has 0 saturated heterocycles. The zero-order valence-corrected chi connectivity index (χ0v) is 6.61. The van der Waals surface area contributed by atoms with Crippen LogP contribution in [-0.4, -0.2) is 11.2 Å². The van der Waals surface area contributed by atoms with Crippen molar-refractivity contribution in [1.29, 1.82) is 0 Å². The molecule has 0 aromatic carbocycles. The van der Waals surface area contributed by atoms with Crippen LogP contribution in [0.15, 0.2) is 11.0 Å². The Morgan fingerprint density at radius 2 is 2.44 bits per heavy atom. The van der Waals surface area contributed by atoms with Crippen LogP contribution in [0.5, 0.6) is 0 Å². The molecule has 3 N–H and O–H groups in total. The summed E-state index contributed by atoms with van der Waals surface area (Å²) in [5.74, 6) is 0. The third-order valence-electron chi connectivity index (χ3n) is 1.03. The predicted octanol–water partition coefficient (Wildman–Crippen LogP) is 1.27. The van der Waals surface area contributed by atoms with Gasteiger partial charge >= 0.3 is 0 Å². The normalized spacial score (nSPS) is 15.8. The average Bonchev–Trinajstić information content (AvgIpc) is 1.87. The Morgan fingerprint density at radius 3 is 2.78 bits per heavy atom. The van der Waals surface area contributed by atoms with Crippen LogP contribution < -0.4 is 5.14 Å². The van der Waals surface area contributed by atoms with Crippen LogP contribution in [0.3, 0.4) is 0 Å². The lowest BCUT2D eigenvalue weighted by Gasteiger charge is -2.00. The highest BCUT2D eigenvalue weighted by Crippen LogP contribution is 2.07. The van der Waals surface area contributed by atoms with E-state index in [9.17, 15) is 0 Å². The van der Waals surface area contributed by atoms with Gasteiger partial charge in [0.25, 0.3) is 0 Å². The van der Waals surface area contributed by atoms with Gasteiger partial charge in [-0.05, 0) is 24.3 Å². The van der Waals surface area contributed by atoms with Crippen molar-refractivity contribution in [1.82, 2.24) is 0 Å². The molecular formula is C6H13NOS. The molecule has 1 unspecified atom stereocenters. The summed E-state index contributed by atoms with van der Waals surface area (Å²) < 4.78 is 0. The Hall–Kier alpha value is 0.01000. The minimum Gasteiger partial charge on any atom is -0.389 e. The molecule has 0 aliphatic carbocycles. The summed E-state index contributed by atoms with van der Waals surface area (Å²) in [7, 11) is 0. The number of hydrogen-bond donors (Lipinski definition) is 2. The van der Waals surface area contributed by atoms with Gasteiger partial charge in [0.15, 0.2) is 0 Å². The van der Waals surface area contributed by atoms with Gasteiger partial charge in [0.1, 0.15) is 0 Å². The number of allylic oxidation sites excluding steroid dienone is 1. The minimum atomic E-state index is -0.332. The Kier molecular flexibility index (Phi) is 4.85. The Labute approximate surface area is 60.3 Å². The van der Waals surface area contributed by atoms with E-state index < -0.39 is 0 Å². The fraction of sp³-hybridized carbons (Fsp3) is 0.667. The van der Waals surface area contributed by atoms with E-state index in [1.54, 1.807) is 6.08 Å². The Morgan fingerprint density at radius 1 is 1.89 bits per heavy atom. The Bertz CT molecular complexity index is 103. The summed E-state index contributed by atoms with van der Waals surface area (Å²) in [5, 5.41) is 14.2. The molecule has 2 nitrogen and oxygen atoms in total. The van der Waals surface area contributed by atoms with Crippen LogP contribution in [0, 0.1) is 0 Å². The molecule has 1 atom stereocenters. The maximum absolute atomic E-state index is 9.01. The zero-order valence-electron chi connectivity index (χ0n) is 5.79. The van der Waals surface area contributed by atoms with E-state index in [-0.39, 0.29) is 6.10 Å². The van der Waals surface area contributed by atoms with Crippen molar-refractivity contribution in [2.24, 2.45) is 5.14 Å². The van der Waals surface area contributed by atoms with E-state index >= 15 is 0 Å². The fourth-order valence-corrected chi connectivity index (χ4v) is 0.664. The maximum atomic E-state index is 9.01. The van der Waals surface area contributed by atoms with Crippen LogP contribution in [0.4, 0.5) is 0 Å². The van der Waals surface area contributed by atoms with Crippen molar-refractivity contribution in [3.8, 4) is 0 Å². The Balaban J connectivity index is 3.64. The lowest BCUT2D eigenvalue weighted by atomic mass is 10.2. The van der Waals surface area contributed by atoms with Gasteiger partial charge < -0.3 is 5.11 Å². The molecule has 0 aliphatic rings. The van der Waals surface area contributed by atoms with Crippen molar-refractivity contribution < 1.29 is 5.11 Å². The highest BCUT2D eigenvalue weighted by molar-refractivity contribution is 8.00. The highest BCUT2D eigenvalue weighted by atomic mass is 32.2. The second kappa shape index (κ2) is 4.85. The zero-order chi connectivity index (χ0) is 7.28. The standard InChI is InChI=1S/C6H13NOS/c1-3-6(8)4-5(2)9-7/h4,6,8H,3,7H2,1-2H3/b5-4-. The van der Waals surface area contributed by atoms with E-state index in [2.05, 4.69) is 0 Å². The topological polar surface area (TPSA) is 46.2 Å². The summed E-state index contributed by atoms with van der Waals surface area (Å²) in [6.45, 7) is 3.80. The summed E-state index contributed by atoms with van der Waals surface area (Å²) in [6, 6.07) is 0. The van der Waals surface area contributed by atoms with Crippen molar-refractivity contribution in [3.63, 3.8) is 0 Å². The number of rotatable bonds is 3. The van der Waals surface area contributed by atoms with E-state index in [4.69, 9.17) is 10.2 Å². The van der Waals surface area contributed by atoms with E-state index in [1.165, 1.54) is 11.9 Å². The number of hydrogen-bond acceptors (Lipinski definition) is 3. The predicted molar refractivity (Wildman–Crippen MR) is 41.8 cm³/mol. The molecule has 0 bridgehead atoms. The van der Waals surface area contributed by atoms with Gasteiger partial charge in [-0.1, -0.05) is 18.9 Å². The van der Waals surface area contributed by atoms with Crippen LogP contribution in [0.25, 0.3) is 0 Å². The minimum absolute atomic E-state index is 0.332. The summed E-state index contributed by atoms with van der Waals surface area (Å²) >= 11 is 1.17. The second-order valence-corrected chi connectivity index (χ2v) is 2.75. The first-order valence-electron chi connectivity index (χ1n) is 2.94. The highest BCUT2D eigenvalue weighted by Gasteiger charge is 1.94. The van der Waals surface area contributed by atoms with Gasteiger partial charge in [0, 0.05) is 0 Å². The first-order chi connectivity index (χ1) is 4.20. The quantitative estimate of drug-likeness (QED) is 0.591. The fourth-order valence-electron chi connectivity index (χ4n) is 0.428. The van der Waals surface area contributed by atoms with Crippen molar-refractivity contribution in [3.05, 3.63) is 11.0 Å². The van der Waals surface area contributed by atoms with Crippen molar-refractivity contribution in [2.75, 3.05) is 0 Å². The molecule has 0 aromatic rings. The largest absolute Gasteiger partial charge is 0.389 e. The van der Waals surface area contributed by atoms with E-state index in [1.807, 2.05) is 13.8 Å². The lowest BCUT2D eigenvalue weighted by Crippen LogP contribution is -1.99. The maximum Gasteiger partial charge on any atom is 0.0729 e. The first kappa shape index (κ1) is 9.01. The lowest BCUT2D eigenvalue weighted by molar-refractivity contribution is 0.219. The van der Waals surface area contributed by atoms with Crippen molar-refractivity contribution in [2.45, 2.75) is 26.4 Å². The number of aliphatic hydroxyl groups excluding tert-OH is 1. The summed E-state index contributed by atoms with van der Waals surface area (Å²) in [5.41, 5.74) is 0. The summed E-state index contributed by atoms with van der Waals surface area (Å²) in [4.78, 5) is 0.962. The van der Waals surface area contributed by atoms with Crippen LogP contribution in [0.2, 0.25) is 0 Å². The molecule has 0 aliphatic heterocycles. The smallest absolute Gasteiger partial charge is 0.0729 e. The van der Waals surface area contributed by atoms with E-state index in [0.717, 1.165) is 11.3 Å². The molecule has 0 aromatic heterocycles. The van der Waals surface area contributed by atoms with Crippen LogP contribution in [-0.2, 0) is 0 Å². The second-order valence-electron chi connectivity index (χ2n) is 1.87. The molecule has 0 spiro atoms. The molecular weight excluding hydrogens is 134 g/mol. The molecule has 0 fully saturated rings. The third-order valence-corrected chi connectivity index (χ3v) is 1.54. The molecule has 0 radical (unpaired) electrons. The van der Waals surface area contributed by atoms with Gasteiger partial charge in [-0.3, -0.25) is 5.14 Å². The van der Waals surface area contributed by atoms with Crippen LogP contribution in [0.1, 0.15) is 20.3 Å². The van der Waals surface area contributed by atoms with Gasteiger partial charge in [0.05, 0.1) is 6.10 Å². The molecule has 0 rings (SSSR count). The van der Waals surface area contributed by atoms with Gasteiger partial charge in [-0.2, -0.15) is 0 Å². The third kappa shape index (κ3) is 4.51. The molecule has 9 heavy (non-hydrogen) atoms. The van der Waals surface area contributed by atoms with Gasteiger partial charge in [-0.25, -0.2) is 0 Å². The van der Waals surface area contributed by atoms with Gasteiger partial charge in [-0.15, -0.1) is 0 Å². The van der Waals surface area contributed by atoms with E-state index in [0.29, 0.717) is 0 Å². The van der Waals surface area contributed by atoms with Crippen molar-refractivity contribution >= 4 is 11.9 Å². The first-order valence-corrected chi connectivity index (χ1v) is 3.82. The molecule has 54 valence electrons. The van der Waals surface area contributed by atoms with Crippen LogP contribution >= 0.6 is 11.9 Å². The number of aliphatic hydroxyl groups is 1. The summed E-state index contributed by atoms with van der Waals surface area (Å²) in [6.07, 6.45) is 2.17. The molecule has 0 heterocycles. The average molecular weight is 147 g/mol. The molecule has 0 amide bonds. The number of nitrogens with two attached hydrogens (primary N) is 1. The SMILES string of the molecule is CCC(O)/C=C(/C)SN. The monoisotopic (exact) mass is 147 g/mol. The molecule has 3 heteroatoms.